The third-order valence-electron chi connectivity index (χ3n) is 10.2. The summed E-state index contributed by atoms with van der Waals surface area (Å²) in [5, 5.41) is 32.7. The van der Waals surface area contributed by atoms with Gasteiger partial charge in [-0.2, -0.15) is 0 Å². The quantitative estimate of drug-likeness (QED) is 0.458. The molecule has 6 fully saturated rings. The monoisotopic (exact) mass is 556 g/mol. The topological polar surface area (TPSA) is 142 Å². The number of carboxylic acids is 1. The van der Waals surface area contributed by atoms with Gasteiger partial charge in [0.15, 0.2) is 12.1 Å². The summed E-state index contributed by atoms with van der Waals surface area (Å²) in [5.41, 5.74) is 0. The summed E-state index contributed by atoms with van der Waals surface area (Å²) >= 11 is 0. The van der Waals surface area contributed by atoms with Crippen LogP contribution in [0.15, 0.2) is 0 Å². The summed E-state index contributed by atoms with van der Waals surface area (Å²) in [5.74, 6) is -4.26. The molecule has 39 heavy (non-hydrogen) atoms. The predicted octanol–water partition coefficient (Wildman–Crippen LogP) is 1.81. The largest absolute Gasteiger partial charge is 0.481 e. The van der Waals surface area contributed by atoms with E-state index in [9.17, 15) is 15.0 Å². The third kappa shape index (κ3) is 4.85. The van der Waals surface area contributed by atoms with Gasteiger partial charge in [0.05, 0.1) is 50.2 Å². The minimum atomic E-state index is -1.93. The average Bonchev–Trinajstić information content (AvgIpc) is 3.32. The average molecular weight is 557 g/mol. The van der Waals surface area contributed by atoms with E-state index in [-0.39, 0.29) is 55.2 Å². The fourth-order valence-electron chi connectivity index (χ4n) is 7.90. The van der Waals surface area contributed by atoms with Crippen LogP contribution in [-0.4, -0.2) is 101 Å². The number of hydrogen-bond donors (Lipinski definition) is 3. The second-order valence-electron chi connectivity index (χ2n) is 12.9. The van der Waals surface area contributed by atoms with Crippen LogP contribution in [0.1, 0.15) is 66.2 Å². The van der Waals surface area contributed by atoms with Crippen LogP contribution in [0, 0.1) is 23.7 Å². The molecule has 3 N–H and O–H groups in total. The van der Waals surface area contributed by atoms with E-state index in [1.54, 1.807) is 0 Å². The highest BCUT2D eigenvalue weighted by atomic mass is 16.8. The molecular weight excluding hydrogens is 512 g/mol. The van der Waals surface area contributed by atoms with Crippen LogP contribution in [0.5, 0.6) is 0 Å². The Balaban J connectivity index is 1.24. The van der Waals surface area contributed by atoms with Gasteiger partial charge in [0, 0.05) is 24.7 Å². The molecule has 222 valence electrons. The molecule has 0 aromatic carbocycles. The highest BCUT2D eigenvalue weighted by Gasteiger charge is 2.66. The minimum Gasteiger partial charge on any atom is -0.481 e. The Morgan fingerprint density at radius 3 is 2.31 bits per heavy atom. The van der Waals surface area contributed by atoms with E-state index >= 15 is 0 Å². The fraction of sp³-hybridized carbons (Fsp3) is 0.964. The Bertz CT molecular complexity index is 910. The molecule has 6 aliphatic heterocycles. The van der Waals surface area contributed by atoms with Crippen molar-refractivity contribution in [1.29, 1.82) is 0 Å². The number of aliphatic hydroxyl groups is 2. The Labute approximate surface area is 229 Å². The maximum atomic E-state index is 12.0. The number of aliphatic carboxylic acids is 1. The number of ether oxygens (including phenoxy) is 7. The lowest BCUT2D eigenvalue weighted by molar-refractivity contribution is -0.436. The van der Waals surface area contributed by atoms with Crippen LogP contribution in [0.4, 0.5) is 0 Å². The van der Waals surface area contributed by atoms with Crippen molar-refractivity contribution in [3.63, 3.8) is 0 Å². The number of hydrogen-bond acceptors (Lipinski definition) is 10. The van der Waals surface area contributed by atoms with Gasteiger partial charge < -0.3 is 48.5 Å². The highest BCUT2D eigenvalue weighted by Crippen LogP contribution is 2.53. The molecule has 11 heteroatoms. The molecule has 0 aliphatic carbocycles. The number of rotatable bonds is 2. The highest BCUT2D eigenvalue weighted by molar-refractivity contribution is 5.67. The normalized spacial score (nSPS) is 55.8. The molecule has 6 heterocycles. The lowest BCUT2D eigenvalue weighted by Crippen LogP contribution is -2.69. The summed E-state index contributed by atoms with van der Waals surface area (Å²) < 4.78 is 44.0. The van der Waals surface area contributed by atoms with Crippen molar-refractivity contribution in [3.05, 3.63) is 0 Å². The molecule has 0 aromatic heterocycles. The molecule has 15 atom stereocenters. The van der Waals surface area contributed by atoms with Crippen molar-refractivity contribution in [2.75, 3.05) is 13.2 Å². The van der Waals surface area contributed by atoms with Crippen LogP contribution in [0.25, 0.3) is 0 Å². The summed E-state index contributed by atoms with van der Waals surface area (Å²) in [7, 11) is 0. The van der Waals surface area contributed by atoms with Crippen LogP contribution in [-0.2, 0) is 38.0 Å². The van der Waals surface area contributed by atoms with Crippen molar-refractivity contribution in [2.24, 2.45) is 23.7 Å². The summed E-state index contributed by atoms with van der Waals surface area (Å²) in [6.45, 7) is 8.91. The van der Waals surface area contributed by atoms with Crippen LogP contribution in [0.3, 0.4) is 0 Å². The van der Waals surface area contributed by atoms with Gasteiger partial charge in [-0.3, -0.25) is 4.79 Å². The van der Waals surface area contributed by atoms with Crippen molar-refractivity contribution in [3.8, 4) is 0 Å². The van der Waals surface area contributed by atoms with Gasteiger partial charge >= 0.3 is 5.97 Å². The number of carbonyl (C=O) groups is 1. The molecule has 0 aromatic rings. The molecule has 6 saturated heterocycles. The maximum Gasteiger partial charge on any atom is 0.308 e. The molecule has 11 nitrogen and oxygen atoms in total. The van der Waals surface area contributed by atoms with Crippen molar-refractivity contribution in [2.45, 2.75) is 133 Å². The van der Waals surface area contributed by atoms with Gasteiger partial charge in [-0.25, -0.2) is 0 Å². The Morgan fingerprint density at radius 1 is 0.897 bits per heavy atom. The maximum absolute atomic E-state index is 12.0. The number of carboxylic acid groups (broad SMARTS) is 1. The third-order valence-corrected chi connectivity index (χ3v) is 10.2. The van der Waals surface area contributed by atoms with Gasteiger partial charge in [-0.1, -0.05) is 27.7 Å². The van der Waals surface area contributed by atoms with Crippen LogP contribution in [0.2, 0.25) is 0 Å². The molecule has 6 rings (SSSR count). The zero-order chi connectivity index (χ0) is 27.7. The van der Waals surface area contributed by atoms with Crippen molar-refractivity contribution in [1.82, 2.24) is 0 Å². The van der Waals surface area contributed by atoms with Crippen molar-refractivity contribution >= 4 is 5.97 Å². The summed E-state index contributed by atoms with van der Waals surface area (Å²) in [4.78, 5) is 11.2. The Kier molecular flexibility index (Phi) is 7.55. The second-order valence-corrected chi connectivity index (χ2v) is 12.9. The van der Waals surface area contributed by atoms with Gasteiger partial charge in [0.1, 0.15) is 18.3 Å². The predicted molar refractivity (Wildman–Crippen MR) is 133 cm³/mol. The zero-order valence-corrected chi connectivity index (χ0v) is 23.3. The first-order valence-corrected chi connectivity index (χ1v) is 14.7. The van der Waals surface area contributed by atoms with Gasteiger partial charge in [-0.05, 0) is 31.1 Å². The standard InChI is InChI=1S/C28H44O11/c1-13-8-17-19(35-21-12-33-23(11-22(29)30)36-18(21)9-13)10-20-24(37-17)15(3)25(31)28(32)26(38-20)14(2)16(4)27(39-28)6-5-7-34-27/h13-21,23-26,31-32H,5-12H2,1-4H3,(H,29,30)/t13-,14+,15-,16+,17+,18-,19?,20?,21+,23?,24-,25+,26-,27-,28+/m1/s1. The van der Waals surface area contributed by atoms with E-state index in [1.165, 1.54) is 0 Å². The molecule has 6 aliphatic rings. The molecule has 0 saturated carbocycles. The van der Waals surface area contributed by atoms with E-state index < -0.39 is 54.2 Å². The first-order chi connectivity index (χ1) is 18.5. The van der Waals surface area contributed by atoms with Gasteiger partial charge in [-0.15, -0.1) is 0 Å². The summed E-state index contributed by atoms with van der Waals surface area (Å²) in [6.07, 6.45) is -1.58. The lowest BCUT2D eigenvalue weighted by atomic mass is 9.74. The van der Waals surface area contributed by atoms with Gasteiger partial charge in [0.2, 0.25) is 5.79 Å². The molecular formula is C28H44O11. The van der Waals surface area contributed by atoms with E-state index in [0.29, 0.717) is 25.9 Å². The minimum absolute atomic E-state index is 0.0453. The molecule has 1 spiro atoms. The van der Waals surface area contributed by atoms with Crippen molar-refractivity contribution < 1.29 is 53.3 Å². The van der Waals surface area contributed by atoms with Crippen LogP contribution >= 0.6 is 0 Å². The first-order valence-electron chi connectivity index (χ1n) is 14.7. The van der Waals surface area contributed by atoms with E-state index in [0.717, 1.165) is 12.8 Å². The molecule has 0 amide bonds. The molecule has 0 bridgehead atoms. The SMILES string of the molecule is C[C@@H]1C[C@@H]2O[C@H]3C(CC2O[C@H]2COC(CC(=O)O)O[C@@H]2C1)O[C@@H]1[C@@H](C)[C@H](C)[C@@]2(CCCO2)O[C@@]1(O)[C@@H](O)[C@@H]3C. The van der Waals surface area contributed by atoms with E-state index in [4.69, 9.17) is 38.3 Å². The number of fused-ring (bicyclic) bond motifs is 4. The molecule has 0 radical (unpaired) electrons. The lowest BCUT2D eigenvalue weighted by Gasteiger charge is -2.54. The smallest absolute Gasteiger partial charge is 0.308 e. The first kappa shape index (κ1) is 28.2. The van der Waals surface area contributed by atoms with E-state index in [2.05, 4.69) is 13.8 Å². The van der Waals surface area contributed by atoms with E-state index in [1.807, 2.05) is 13.8 Å². The second kappa shape index (κ2) is 10.4. The number of aliphatic hydroxyl groups excluding tert-OH is 1. The Hall–Kier alpha value is -0.890. The zero-order valence-electron chi connectivity index (χ0n) is 23.3. The fourth-order valence-corrected chi connectivity index (χ4v) is 7.90. The van der Waals surface area contributed by atoms with Gasteiger partial charge in [0.25, 0.3) is 0 Å². The summed E-state index contributed by atoms with van der Waals surface area (Å²) in [6, 6.07) is 0. The molecule has 3 unspecified atom stereocenters. The van der Waals surface area contributed by atoms with Crippen LogP contribution < -0.4 is 0 Å². The Morgan fingerprint density at radius 2 is 1.62 bits per heavy atom.